The van der Waals surface area contributed by atoms with E-state index < -0.39 is 5.54 Å². The third-order valence-corrected chi connectivity index (χ3v) is 3.63. The summed E-state index contributed by atoms with van der Waals surface area (Å²) in [5.74, 6) is 0.931. The van der Waals surface area contributed by atoms with Gasteiger partial charge in [-0.05, 0) is 46.6 Å². The van der Waals surface area contributed by atoms with E-state index in [-0.39, 0.29) is 0 Å². The number of nitrogens with zero attached hydrogens (tertiary/aromatic N) is 3. The molecule has 1 aromatic rings. The van der Waals surface area contributed by atoms with Crippen LogP contribution in [0.5, 0.6) is 0 Å². The van der Waals surface area contributed by atoms with Gasteiger partial charge in [-0.3, -0.25) is 5.32 Å². The molecule has 0 aliphatic carbocycles. The first kappa shape index (κ1) is 15.9. The van der Waals surface area contributed by atoms with E-state index in [0.29, 0.717) is 6.04 Å². The van der Waals surface area contributed by atoms with E-state index in [0.717, 1.165) is 29.4 Å². The monoisotopic (exact) mass is 278 g/mol. The molecule has 1 N–H and O–H groups in total. The van der Waals surface area contributed by atoms with Gasteiger partial charge in [-0.1, -0.05) is 11.8 Å². The van der Waals surface area contributed by atoms with Crippen molar-refractivity contribution in [2.75, 3.05) is 5.75 Å². The summed E-state index contributed by atoms with van der Waals surface area (Å²) in [5.41, 5.74) is 0.545. The molecule has 0 aliphatic heterocycles. The second-order valence-electron chi connectivity index (χ2n) is 5.18. The second kappa shape index (κ2) is 7.46. The van der Waals surface area contributed by atoms with E-state index in [1.807, 2.05) is 19.9 Å². The number of hydrogen-bond acceptors (Lipinski definition) is 5. The first-order valence-corrected chi connectivity index (χ1v) is 7.55. The molecule has 1 rings (SSSR count). The van der Waals surface area contributed by atoms with Crippen molar-refractivity contribution in [1.29, 1.82) is 5.26 Å². The highest BCUT2D eigenvalue weighted by Gasteiger charge is 2.23. The minimum Gasteiger partial charge on any atom is -0.297 e. The van der Waals surface area contributed by atoms with Crippen molar-refractivity contribution >= 4 is 11.8 Å². The van der Waals surface area contributed by atoms with Crippen LogP contribution in [-0.4, -0.2) is 27.3 Å². The summed E-state index contributed by atoms with van der Waals surface area (Å²) in [5, 5.41) is 13.4. The van der Waals surface area contributed by atoms with Crippen molar-refractivity contribution in [3.8, 4) is 6.07 Å². The third-order valence-electron chi connectivity index (χ3n) is 2.68. The summed E-state index contributed by atoms with van der Waals surface area (Å²) >= 11 is 1.65. The molecule has 0 radical (unpaired) electrons. The van der Waals surface area contributed by atoms with Crippen LogP contribution in [0.25, 0.3) is 0 Å². The molecule has 1 unspecified atom stereocenters. The van der Waals surface area contributed by atoms with Crippen LogP contribution < -0.4 is 5.32 Å². The zero-order chi connectivity index (χ0) is 14.3. The Hall–Kier alpha value is -1.12. The molecule has 0 amide bonds. The van der Waals surface area contributed by atoms with Crippen molar-refractivity contribution in [3.63, 3.8) is 0 Å². The lowest BCUT2D eigenvalue weighted by Gasteiger charge is -2.25. The van der Waals surface area contributed by atoms with Crippen LogP contribution >= 0.6 is 11.8 Å². The Labute approximate surface area is 120 Å². The highest BCUT2D eigenvalue weighted by molar-refractivity contribution is 7.99. The minimum atomic E-state index is -0.442. The van der Waals surface area contributed by atoms with Crippen molar-refractivity contribution in [3.05, 3.63) is 18.0 Å². The van der Waals surface area contributed by atoms with Crippen LogP contribution in [0.1, 0.15) is 39.3 Å². The zero-order valence-corrected chi connectivity index (χ0v) is 12.9. The largest absolute Gasteiger partial charge is 0.297 e. The molecule has 1 aromatic heterocycles. The van der Waals surface area contributed by atoms with E-state index >= 15 is 0 Å². The van der Waals surface area contributed by atoms with E-state index in [1.54, 1.807) is 18.0 Å². The van der Waals surface area contributed by atoms with Gasteiger partial charge < -0.3 is 0 Å². The fraction of sp³-hybridized carbons (Fsp3) is 0.643. The van der Waals surface area contributed by atoms with E-state index in [1.165, 1.54) is 0 Å². The fourth-order valence-corrected chi connectivity index (χ4v) is 2.70. The van der Waals surface area contributed by atoms with Gasteiger partial charge in [0.25, 0.3) is 0 Å². The predicted molar refractivity (Wildman–Crippen MR) is 79.0 cm³/mol. The minimum absolute atomic E-state index is 0.317. The van der Waals surface area contributed by atoms with Gasteiger partial charge in [0.2, 0.25) is 0 Å². The number of thioether (sulfide) groups is 1. The molecule has 0 fully saturated rings. The molecule has 0 saturated carbocycles. The molecule has 19 heavy (non-hydrogen) atoms. The van der Waals surface area contributed by atoms with Crippen LogP contribution in [0.3, 0.4) is 0 Å². The molecular weight excluding hydrogens is 256 g/mol. The SMILES string of the molecule is Cc1ccnc(SCCCC(C)(C#N)NC(C)C)n1. The molecule has 1 atom stereocenters. The van der Waals surface area contributed by atoms with Gasteiger partial charge in [0.15, 0.2) is 5.16 Å². The first-order chi connectivity index (χ1) is 8.95. The lowest BCUT2D eigenvalue weighted by Crippen LogP contribution is -2.44. The highest BCUT2D eigenvalue weighted by atomic mass is 32.2. The summed E-state index contributed by atoms with van der Waals surface area (Å²) in [6.07, 6.45) is 3.58. The summed E-state index contributed by atoms with van der Waals surface area (Å²) in [7, 11) is 0. The summed E-state index contributed by atoms with van der Waals surface area (Å²) in [6.45, 7) is 8.04. The second-order valence-corrected chi connectivity index (χ2v) is 6.24. The summed E-state index contributed by atoms with van der Waals surface area (Å²) < 4.78 is 0. The normalized spacial score (nSPS) is 14.1. The van der Waals surface area contributed by atoms with Gasteiger partial charge in [0.1, 0.15) is 5.54 Å². The van der Waals surface area contributed by atoms with Gasteiger partial charge in [0, 0.05) is 23.7 Å². The number of nitriles is 1. The van der Waals surface area contributed by atoms with Crippen molar-refractivity contribution in [1.82, 2.24) is 15.3 Å². The Kier molecular flexibility index (Phi) is 6.26. The molecule has 0 saturated heterocycles. The highest BCUT2D eigenvalue weighted by Crippen LogP contribution is 2.18. The number of rotatable bonds is 7. The average Bonchev–Trinajstić information content (AvgIpc) is 2.34. The first-order valence-electron chi connectivity index (χ1n) is 6.56. The Balaban J connectivity index is 2.36. The summed E-state index contributed by atoms with van der Waals surface area (Å²) in [4.78, 5) is 8.56. The van der Waals surface area contributed by atoms with Crippen LogP contribution in [0, 0.1) is 18.3 Å². The van der Waals surface area contributed by atoms with E-state index in [2.05, 4.69) is 35.2 Å². The van der Waals surface area contributed by atoms with E-state index in [9.17, 15) is 5.26 Å². The summed E-state index contributed by atoms with van der Waals surface area (Å²) in [6, 6.07) is 4.58. The maximum atomic E-state index is 9.24. The van der Waals surface area contributed by atoms with Gasteiger partial charge >= 0.3 is 0 Å². The van der Waals surface area contributed by atoms with Crippen molar-refractivity contribution < 1.29 is 0 Å². The number of aromatic nitrogens is 2. The van der Waals surface area contributed by atoms with Gasteiger partial charge in [0.05, 0.1) is 6.07 Å². The Morgan fingerprint density at radius 1 is 1.53 bits per heavy atom. The maximum Gasteiger partial charge on any atom is 0.187 e. The third kappa shape index (κ3) is 6.04. The number of aryl methyl sites for hydroxylation is 1. The smallest absolute Gasteiger partial charge is 0.187 e. The van der Waals surface area contributed by atoms with Gasteiger partial charge in [-0.25, -0.2) is 9.97 Å². The predicted octanol–water partition coefficient (Wildman–Crippen LogP) is 2.94. The Morgan fingerprint density at radius 2 is 2.26 bits per heavy atom. The molecular formula is C14H22N4S. The topological polar surface area (TPSA) is 61.6 Å². The maximum absolute atomic E-state index is 9.24. The van der Waals surface area contributed by atoms with Crippen LogP contribution in [0.4, 0.5) is 0 Å². The molecule has 0 spiro atoms. The molecule has 1 heterocycles. The van der Waals surface area contributed by atoms with E-state index in [4.69, 9.17) is 0 Å². The standard InChI is InChI=1S/C14H22N4S/c1-11(2)18-14(4,10-15)7-5-9-19-13-16-8-6-12(3)17-13/h6,8,11,18H,5,7,9H2,1-4H3. The van der Waals surface area contributed by atoms with Crippen LogP contribution in [0.2, 0.25) is 0 Å². The van der Waals surface area contributed by atoms with Gasteiger partial charge in [-0.2, -0.15) is 5.26 Å². The van der Waals surface area contributed by atoms with Crippen molar-refractivity contribution in [2.24, 2.45) is 0 Å². The molecule has 0 aromatic carbocycles. The fourth-order valence-electron chi connectivity index (χ4n) is 1.88. The quantitative estimate of drug-likeness (QED) is 0.472. The Bertz CT molecular complexity index is 441. The molecule has 0 aliphatic rings. The molecule has 5 heteroatoms. The number of hydrogen-bond donors (Lipinski definition) is 1. The molecule has 0 bridgehead atoms. The lowest BCUT2D eigenvalue weighted by molar-refractivity contribution is 0.380. The average molecular weight is 278 g/mol. The lowest BCUT2D eigenvalue weighted by atomic mass is 9.97. The van der Waals surface area contributed by atoms with Gasteiger partial charge in [-0.15, -0.1) is 0 Å². The molecule has 4 nitrogen and oxygen atoms in total. The van der Waals surface area contributed by atoms with Crippen molar-refractivity contribution in [2.45, 2.75) is 57.3 Å². The Morgan fingerprint density at radius 3 is 2.84 bits per heavy atom. The zero-order valence-electron chi connectivity index (χ0n) is 12.1. The van der Waals surface area contributed by atoms with Crippen LogP contribution in [0.15, 0.2) is 17.4 Å². The van der Waals surface area contributed by atoms with Crippen LogP contribution in [-0.2, 0) is 0 Å². The molecule has 104 valence electrons. The number of nitrogens with one attached hydrogen (secondary N) is 1.